The Kier molecular flexibility index (Phi) is 3.00. The first-order valence-corrected chi connectivity index (χ1v) is 7.40. The Morgan fingerprint density at radius 1 is 1.27 bits per heavy atom. The molecule has 1 fully saturated rings. The lowest BCUT2D eigenvalue weighted by molar-refractivity contribution is -0.137. The van der Waals surface area contributed by atoms with Crippen LogP contribution in [0.2, 0.25) is 0 Å². The third-order valence-electron chi connectivity index (χ3n) is 4.37. The minimum Gasteiger partial charge on any atom is -0.481 e. The maximum Gasteiger partial charge on any atom is 0.304 e. The number of likely N-dealkylation sites (tertiary alicyclic amines) is 1. The molecule has 1 N–H and O–H groups in total. The largest absolute Gasteiger partial charge is 0.481 e. The summed E-state index contributed by atoms with van der Waals surface area (Å²) in [5.41, 5.74) is 0.623. The van der Waals surface area contributed by atoms with Crippen molar-refractivity contribution in [2.24, 2.45) is 0 Å². The monoisotopic (exact) mass is 303 g/mol. The zero-order chi connectivity index (χ0) is 15.2. The van der Waals surface area contributed by atoms with Crippen molar-refractivity contribution in [2.45, 2.75) is 18.4 Å². The highest BCUT2D eigenvalue weighted by Gasteiger charge is 2.40. The molecule has 0 saturated carbocycles. The number of carboxylic acid groups (broad SMARTS) is 1. The first-order valence-electron chi connectivity index (χ1n) is 7.40. The molecule has 1 unspecified atom stereocenters. The maximum atomic E-state index is 10.7. The van der Waals surface area contributed by atoms with Gasteiger partial charge >= 0.3 is 5.97 Å². The SMILES string of the molecule is O=C(O)CCN1CCC2(C=Cc3cc4c(cc3O2)OCO4)C1. The highest BCUT2D eigenvalue weighted by molar-refractivity contribution is 5.67. The topological polar surface area (TPSA) is 68.2 Å². The lowest BCUT2D eigenvalue weighted by Crippen LogP contribution is -2.39. The Morgan fingerprint density at radius 3 is 2.91 bits per heavy atom. The van der Waals surface area contributed by atoms with Gasteiger partial charge < -0.3 is 19.3 Å². The quantitative estimate of drug-likeness (QED) is 0.917. The summed E-state index contributed by atoms with van der Waals surface area (Å²) >= 11 is 0. The van der Waals surface area contributed by atoms with Gasteiger partial charge in [-0.25, -0.2) is 0 Å². The van der Waals surface area contributed by atoms with Gasteiger partial charge in [0.1, 0.15) is 11.4 Å². The Labute approximate surface area is 127 Å². The highest BCUT2D eigenvalue weighted by Crippen LogP contribution is 2.43. The van der Waals surface area contributed by atoms with E-state index in [0.717, 1.165) is 30.0 Å². The third-order valence-corrected chi connectivity index (χ3v) is 4.37. The summed E-state index contributed by atoms with van der Waals surface area (Å²) in [7, 11) is 0. The van der Waals surface area contributed by atoms with Gasteiger partial charge in [0.05, 0.1) is 6.42 Å². The van der Waals surface area contributed by atoms with Crippen LogP contribution in [-0.4, -0.2) is 48.0 Å². The number of fused-ring (bicyclic) bond motifs is 2. The summed E-state index contributed by atoms with van der Waals surface area (Å²) in [6, 6.07) is 3.81. The number of ether oxygens (including phenoxy) is 3. The van der Waals surface area contributed by atoms with Crippen molar-refractivity contribution in [2.75, 3.05) is 26.4 Å². The minimum atomic E-state index is -0.765. The summed E-state index contributed by atoms with van der Waals surface area (Å²) in [5.74, 6) is 1.49. The molecule has 3 aliphatic heterocycles. The molecule has 1 aromatic carbocycles. The number of rotatable bonds is 3. The molecule has 3 heterocycles. The lowest BCUT2D eigenvalue weighted by Gasteiger charge is -2.31. The molecule has 4 rings (SSSR count). The summed E-state index contributed by atoms with van der Waals surface area (Å²) in [5, 5.41) is 8.80. The molecule has 0 radical (unpaired) electrons. The number of carboxylic acids is 1. The number of nitrogens with zero attached hydrogens (tertiary/aromatic N) is 1. The van der Waals surface area contributed by atoms with Crippen molar-refractivity contribution >= 4 is 12.0 Å². The summed E-state index contributed by atoms with van der Waals surface area (Å²) in [6.07, 6.45) is 5.16. The smallest absolute Gasteiger partial charge is 0.304 e. The molecule has 6 heteroatoms. The van der Waals surface area contributed by atoms with E-state index < -0.39 is 5.97 Å². The zero-order valence-corrected chi connectivity index (χ0v) is 12.1. The molecule has 3 aliphatic rings. The second-order valence-corrected chi connectivity index (χ2v) is 5.91. The van der Waals surface area contributed by atoms with Gasteiger partial charge in [-0.15, -0.1) is 0 Å². The zero-order valence-electron chi connectivity index (χ0n) is 12.1. The molecule has 116 valence electrons. The predicted molar refractivity (Wildman–Crippen MR) is 78.3 cm³/mol. The fourth-order valence-electron chi connectivity index (χ4n) is 3.20. The molecule has 6 nitrogen and oxygen atoms in total. The number of carbonyl (C=O) groups is 1. The second kappa shape index (κ2) is 4.91. The fourth-order valence-corrected chi connectivity index (χ4v) is 3.20. The van der Waals surface area contributed by atoms with Gasteiger partial charge in [-0.05, 0) is 12.1 Å². The third kappa shape index (κ3) is 2.29. The van der Waals surface area contributed by atoms with Gasteiger partial charge in [0, 0.05) is 37.7 Å². The van der Waals surface area contributed by atoms with Crippen LogP contribution < -0.4 is 14.2 Å². The molecule has 1 aromatic rings. The first kappa shape index (κ1) is 13.5. The summed E-state index contributed by atoms with van der Waals surface area (Å²) in [4.78, 5) is 12.8. The summed E-state index contributed by atoms with van der Waals surface area (Å²) < 4.78 is 17.0. The number of aliphatic carboxylic acids is 1. The molecule has 1 spiro atoms. The standard InChI is InChI=1S/C16H17NO5/c18-15(19)2-5-17-6-4-16(9-17)3-1-11-7-13-14(21-10-20-13)8-12(11)22-16/h1,3,7-8H,2,4-6,9-10H2,(H,18,19). The average molecular weight is 303 g/mol. The van der Waals surface area contributed by atoms with Crippen LogP contribution in [0.25, 0.3) is 6.08 Å². The van der Waals surface area contributed by atoms with Crippen molar-refractivity contribution in [3.8, 4) is 17.2 Å². The van der Waals surface area contributed by atoms with E-state index in [9.17, 15) is 4.79 Å². The highest BCUT2D eigenvalue weighted by atomic mass is 16.7. The van der Waals surface area contributed by atoms with Crippen LogP contribution in [0.5, 0.6) is 17.2 Å². The Bertz CT molecular complexity index is 656. The number of benzene rings is 1. The normalized spacial score (nSPS) is 25.3. The second-order valence-electron chi connectivity index (χ2n) is 5.91. The average Bonchev–Trinajstić information content (AvgIpc) is 3.10. The van der Waals surface area contributed by atoms with Crippen LogP contribution in [0, 0.1) is 0 Å². The number of hydrogen-bond acceptors (Lipinski definition) is 5. The van der Waals surface area contributed by atoms with Crippen LogP contribution in [0.4, 0.5) is 0 Å². The van der Waals surface area contributed by atoms with Crippen LogP contribution in [0.15, 0.2) is 18.2 Å². The molecular formula is C16H17NO5. The van der Waals surface area contributed by atoms with Crippen LogP contribution in [0.1, 0.15) is 18.4 Å². The lowest BCUT2D eigenvalue weighted by atomic mass is 9.97. The van der Waals surface area contributed by atoms with Gasteiger partial charge in [-0.1, -0.05) is 6.08 Å². The summed E-state index contributed by atoms with van der Waals surface area (Å²) in [6.45, 7) is 2.36. The van der Waals surface area contributed by atoms with Gasteiger partial charge in [0.2, 0.25) is 6.79 Å². The Hall–Kier alpha value is -2.21. The van der Waals surface area contributed by atoms with E-state index in [1.54, 1.807) is 0 Å². The van der Waals surface area contributed by atoms with Crippen LogP contribution in [0.3, 0.4) is 0 Å². The molecule has 0 aromatic heterocycles. The predicted octanol–water partition coefficient (Wildman–Crippen LogP) is 1.74. The maximum absolute atomic E-state index is 10.7. The molecule has 0 amide bonds. The van der Waals surface area contributed by atoms with Crippen LogP contribution >= 0.6 is 0 Å². The molecule has 0 bridgehead atoms. The number of hydrogen-bond donors (Lipinski definition) is 1. The van der Waals surface area contributed by atoms with Crippen molar-refractivity contribution in [3.05, 3.63) is 23.8 Å². The van der Waals surface area contributed by atoms with Gasteiger partial charge in [0.15, 0.2) is 11.5 Å². The minimum absolute atomic E-state index is 0.162. The van der Waals surface area contributed by atoms with Crippen LogP contribution in [-0.2, 0) is 4.79 Å². The molecule has 0 aliphatic carbocycles. The van der Waals surface area contributed by atoms with E-state index in [1.165, 1.54) is 0 Å². The van der Waals surface area contributed by atoms with E-state index >= 15 is 0 Å². The van der Waals surface area contributed by atoms with Crippen molar-refractivity contribution in [1.82, 2.24) is 4.90 Å². The van der Waals surface area contributed by atoms with Gasteiger partial charge in [-0.2, -0.15) is 0 Å². The molecule has 22 heavy (non-hydrogen) atoms. The first-order chi connectivity index (χ1) is 10.6. The van der Waals surface area contributed by atoms with Crippen molar-refractivity contribution < 1.29 is 24.1 Å². The van der Waals surface area contributed by atoms with Crippen molar-refractivity contribution in [1.29, 1.82) is 0 Å². The molecule has 1 saturated heterocycles. The van der Waals surface area contributed by atoms with E-state index in [-0.39, 0.29) is 18.8 Å². The van der Waals surface area contributed by atoms with E-state index in [0.29, 0.717) is 18.8 Å². The van der Waals surface area contributed by atoms with E-state index in [4.69, 9.17) is 19.3 Å². The molecule has 1 atom stereocenters. The molecular weight excluding hydrogens is 286 g/mol. The van der Waals surface area contributed by atoms with E-state index in [1.807, 2.05) is 12.1 Å². The van der Waals surface area contributed by atoms with Crippen molar-refractivity contribution in [3.63, 3.8) is 0 Å². The van der Waals surface area contributed by atoms with E-state index in [2.05, 4.69) is 17.1 Å². The van der Waals surface area contributed by atoms with Gasteiger partial charge in [-0.3, -0.25) is 9.69 Å². The Balaban J connectivity index is 1.52. The van der Waals surface area contributed by atoms with Gasteiger partial charge in [0.25, 0.3) is 0 Å². The fraction of sp³-hybridized carbons (Fsp3) is 0.438. The Morgan fingerprint density at radius 2 is 2.09 bits per heavy atom.